The molecule has 1 aliphatic heterocycles. The first-order valence-electron chi connectivity index (χ1n) is 15.9. The number of aliphatic hydroxyl groups is 1. The van der Waals surface area contributed by atoms with Crippen LogP contribution in [0.2, 0.25) is 0 Å². The number of amides is 4. The first kappa shape index (κ1) is 36.2. The zero-order chi connectivity index (χ0) is 35.2. The molecule has 0 saturated carbocycles. The molecule has 3 atom stereocenters. The van der Waals surface area contributed by atoms with Crippen molar-refractivity contribution < 1.29 is 33.1 Å². The second-order valence-corrected chi connectivity index (χ2v) is 13.1. The summed E-state index contributed by atoms with van der Waals surface area (Å²) in [4.78, 5) is 52.4. The van der Waals surface area contributed by atoms with Crippen molar-refractivity contribution in [1.29, 1.82) is 0 Å². The Hall–Kier alpha value is -4.62. The lowest BCUT2D eigenvalue weighted by Crippen LogP contribution is -2.48. The van der Waals surface area contributed by atoms with Crippen LogP contribution in [0.1, 0.15) is 51.4 Å². The van der Waals surface area contributed by atoms with E-state index in [1.807, 2.05) is 55.7 Å². The fourth-order valence-corrected chi connectivity index (χ4v) is 5.78. The van der Waals surface area contributed by atoms with Crippen LogP contribution in [-0.2, 0) is 25.7 Å². The minimum Gasteiger partial charge on any atom is -0.387 e. The molecular weight excluding hydrogens is 622 g/mol. The summed E-state index contributed by atoms with van der Waals surface area (Å²) in [5.41, 5.74) is 7.64. The summed E-state index contributed by atoms with van der Waals surface area (Å²) in [7, 11) is 0. The monoisotopic (exact) mass is 666 g/mol. The summed E-state index contributed by atoms with van der Waals surface area (Å²) in [6.07, 6.45) is 1.77. The van der Waals surface area contributed by atoms with Gasteiger partial charge in [-0.25, -0.2) is 8.78 Å². The molecule has 1 fully saturated rings. The summed E-state index contributed by atoms with van der Waals surface area (Å²) in [6, 6.07) is 12.6. The van der Waals surface area contributed by atoms with Crippen LogP contribution in [0.15, 0.2) is 60.8 Å². The highest BCUT2D eigenvalue weighted by Gasteiger charge is 2.42. The zero-order valence-electron chi connectivity index (χ0n) is 27.7. The molecule has 258 valence electrons. The van der Waals surface area contributed by atoms with Gasteiger partial charge < -0.3 is 35.8 Å². The van der Waals surface area contributed by atoms with Crippen molar-refractivity contribution in [3.8, 4) is 11.1 Å². The van der Waals surface area contributed by atoms with Gasteiger partial charge in [0, 0.05) is 49.2 Å². The number of hydrogen-bond acceptors (Lipinski definition) is 6. The predicted octanol–water partition coefficient (Wildman–Crippen LogP) is 2.57. The number of hydrogen-bond donors (Lipinski definition) is 4. The standard InChI is InChI=1S/C35H44F2N6O5/c1-22-34(48)43(22)20-30(45)39-13-14-40-33(47)28(38)12-15-42(31(46)21-44)32(35(2,3)4)29-16-24(26-17-25(36)10-11-27(26)37)19-41(29)18-23-8-6-5-7-9-23/h5-11,16-17,19,22,28,32,44H,12-15,18,20-21,38H2,1-4H3,(H,39,45)(H,40,47)/t22?,28-,32?,43?/m0/s1. The summed E-state index contributed by atoms with van der Waals surface area (Å²) in [5, 5.41) is 15.3. The second kappa shape index (κ2) is 15.5. The Balaban J connectivity index is 1.53. The number of benzene rings is 2. The quantitative estimate of drug-likeness (QED) is 0.145. The van der Waals surface area contributed by atoms with Gasteiger partial charge in [-0.1, -0.05) is 51.1 Å². The summed E-state index contributed by atoms with van der Waals surface area (Å²) >= 11 is 0. The van der Waals surface area contributed by atoms with Gasteiger partial charge in [-0.15, -0.1) is 0 Å². The highest BCUT2D eigenvalue weighted by molar-refractivity contribution is 5.99. The van der Waals surface area contributed by atoms with Crippen LogP contribution in [0, 0.1) is 17.0 Å². The number of nitrogens with two attached hydrogens (primary N) is 1. The lowest BCUT2D eigenvalue weighted by atomic mass is 9.82. The van der Waals surface area contributed by atoms with Gasteiger partial charge in [0.15, 0.2) is 0 Å². The van der Waals surface area contributed by atoms with E-state index in [-0.39, 0.29) is 56.0 Å². The Morgan fingerprint density at radius 1 is 1.04 bits per heavy atom. The highest BCUT2D eigenvalue weighted by Crippen LogP contribution is 2.41. The Kier molecular flexibility index (Phi) is 11.7. The average molecular weight is 667 g/mol. The fourth-order valence-electron chi connectivity index (χ4n) is 5.78. The molecule has 2 unspecified atom stereocenters. The Labute approximate surface area is 279 Å². The smallest absolute Gasteiger partial charge is 0.248 e. The van der Waals surface area contributed by atoms with Gasteiger partial charge in [-0.05, 0) is 48.6 Å². The molecule has 13 heteroatoms. The molecule has 0 aliphatic carbocycles. The molecular formula is C35H44F2N6O5. The average Bonchev–Trinajstić information content (AvgIpc) is 3.39. The SMILES string of the molecule is CC1C(=O)N1CC(=O)NCCNC(=O)[C@@H](N)CCN(C(=O)CO)C(c1cc(-c2cc(F)ccc2F)cn1Cc1ccccc1)C(C)(C)C. The third-order valence-electron chi connectivity index (χ3n) is 8.35. The van der Waals surface area contributed by atoms with Gasteiger partial charge in [-0.2, -0.15) is 0 Å². The van der Waals surface area contributed by atoms with E-state index in [0.717, 1.165) is 23.8 Å². The van der Waals surface area contributed by atoms with Crippen molar-refractivity contribution in [2.24, 2.45) is 11.1 Å². The normalized spacial score (nSPS) is 15.5. The molecule has 2 aromatic carbocycles. The molecule has 0 radical (unpaired) electrons. The number of nitrogens with zero attached hydrogens (tertiary/aromatic N) is 3. The Morgan fingerprint density at radius 3 is 2.33 bits per heavy atom. The molecule has 11 nitrogen and oxygen atoms in total. The van der Waals surface area contributed by atoms with E-state index >= 15 is 0 Å². The zero-order valence-corrected chi connectivity index (χ0v) is 27.7. The lowest BCUT2D eigenvalue weighted by Gasteiger charge is -2.41. The van der Waals surface area contributed by atoms with E-state index in [1.54, 1.807) is 19.2 Å². The van der Waals surface area contributed by atoms with Gasteiger partial charge in [0.2, 0.25) is 23.6 Å². The lowest BCUT2D eigenvalue weighted by molar-refractivity contribution is -0.140. The van der Waals surface area contributed by atoms with Crippen molar-refractivity contribution in [2.45, 2.75) is 58.8 Å². The first-order chi connectivity index (χ1) is 22.7. The maximum atomic E-state index is 15.0. The van der Waals surface area contributed by atoms with Crippen LogP contribution < -0.4 is 16.4 Å². The maximum absolute atomic E-state index is 15.0. The van der Waals surface area contributed by atoms with Crippen molar-refractivity contribution in [3.63, 3.8) is 0 Å². The van der Waals surface area contributed by atoms with Gasteiger partial charge in [0.25, 0.3) is 0 Å². The first-order valence-corrected chi connectivity index (χ1v) is 15.9. The van der Waals surface area contributed by atoms with Crippen molar-refractivity contribution in [3.05, 3.63) is 83.7 Å². The number of halogens is 2. The minimum absolute atomic E-state index is 0.00881. The predicted molar refractivity (Wildman–Crippen MR) is 176 cm³/mol. The number of aliphatic hydroxyl groups excluding tert-OH is 1. The summed E-state index contributed by atoms with van der Waals surface area (Å²) in [6.45, 7) is 7.29. The van der Waals surface area contributed by atoms with E-state index in [9.17, 15) is 33.1 Å². The van der Waals surface area contributed by atoms with Crippen molar-refractivity contribution >= 4 is 23.6 Å². The van der Waals surface area contributed by atoms with Gasteiger partial charge in [0.05, 0.1) is 12.1 Å². The van der Waals surface area contributed by atoms with Crippen LogP contribution in [0.4, 0.5) is 8.78 Å². The Bertz CT molecular complexity index is 1620. The number of carbonyl (C=O) groups excluding carboxylic acids is 4. The second-order valence-electron chi connectivity index (χ2n) is 13.1. The topological polar surface area (TPSA) is 150 Å². The molecule has 0 spiro atoms. The van der Waals surface area contributed by atoms with Crippen LogP contribution in [0.25, 0.3) is 11.1 Å². The minimum atomic E-state index is -1.01. The molecule has 4 amide bonds. The summed E-state index contributed by atoms with van der Waals surface area (Å²) < 4.78 is 31.1. The van der Waals surface area contributed by atoms with Gasteiger partial charge in [-0.3, -0.25) is 19.2 Å². The van der Waals surface area contributed by atoms with Crippen LogP contribution in [0.3, 0.4) is 0 Å². The molecule has 1 aromatic heterocycles. The third kappa shape index (κ3) is 9.04. The maximum Gasteiger partial charge on any atom is 0.248 e. The van der Waals surface area contributed by atoms with Gasteiger partial charge in [0.1, 0.15) is 30.8 Å². The third-order valence-corrected chi connectivity index (χ3v) is 8.35. The van der Waals surface area contributed by atoms with Crippen LogP contribution >= 0.6 is 0 Å². The number of nitrogens with one attached hydrogen (secondary N) is 2. The number of carbonyl (C=O) groups is 4. The van der Waals surface area contributed by atoms with Crippen LogP contribution in [0.5, 0.6) is 0 Å². The van der Waals surface area contributed by atoms with E-state index in [4.69, 9.17) is 5.73 Å². The molecule has 0 bridgehead atoms. The molecule has 4 rings (SSSR count). The number of rotatable bonds is 15. The molecule has 48 heavy (non-hydrogen) atoms. The molecule has 1 aliphatic rings. The van der Waals surface area contributed by atoms with E-state index in [2.05, 4.69) is 10.6 Å². The molecule has 3 aromatic rings. The molecule has 2 heterocycles. The van der Waals surface area contributed by atoms with E-state index in [1.165, 1.54) is 9.80 Å². The van der Waals surface area contributed by atoms with E-state index < -0.39 is 47.6 Å². The van der Waals surface area contributed by atoms with E-state index in [0.29, 0.717) is 17.8 Å². The Morgan fingerprint density at radius 2 is 1.71 bits per heavy atom. The highest BCUT2D eigenvalue weighted by atomic mass is 19.1. The van der Waals surface area contributed by atoms with Crippen LogP contribution in [-0.4, -0.2) is 88.0 Å². The fraction of sp³-hybridized carbons (Fsp3) is 0.429. The number of aromatic nitrogens is 1. The van der Waals surface area contributed by atoms with Crippen molar-refractivity contribution in [1.82, 2.24) is 25.0 Å². The largest absolute Gasteiger partial charge is 0.387 e. The molecule has 5 N–H and O–H groups in total. The van der Waals surface area contributed by atoms with Gasteiger partial charge >= 0.3 is 0 Å². The summed E-state index contributed by atoms with van der Waals surface area (Å²) in [5.74, 6) is -2.69. The van der Waals surface area contributed by atoms with Crippen molar-refractivity contribution in [2.75, 3.05) is 32.8 Å². The molecule has 1 saturated heterocycles.